The van der Waals surface area contributed by atoms with Crippen molar-refractivity contribution in [1.82, 2.24) is 15.1 Å². The zero-order valence-electron chi connectivity index (χ0n) is 17.2. The number of benzene rings is 2. The van der Waals surface area contributed by atoms with Crippen LogP contribution < -0.4 is 16.8 Å². The first-order chi connectivity index (χ1) is 14.1. The molecule has 0 fully saturated rings. The van der Waals surface area contributed by atoms with E-state index in [1.165, 1.54) is 0 Å². The molecule has 0 radical (unpaired) electrons. The van der Waals surface area contributed by atoms with Crippen molar-refractivity contribution >= 4 is 28.6 Å². The third-order valence-electron chi connectivity index (χ3n) is 4.90. The number of nitrogens with zero attached hydrogens (tertiary/aromatic N) is 2. The van der Waals surface area contributed by atoms with Crippen molar-refractivity contribution in [3.63, 3.8) is 0 Å². The van der Waals surface area contributed by atoms with E-state index in [-0.39, 0.29) is 12.2 Å². The molecule has 0 aliphatic carbocycles. The highest BCUT2D eigenvalue weighted by molar-refractivity contribution is 6.06. The molecule has 0 aliphatic heterocycles. The zero-order chi connectivity index (χ0) is 22.1. The molecule has 8 nitrogen and oxygen atoms in total. The van der Waals surface area contributed by atoms with Crippen molar-refractivity contribution < 1.29 is 14.4 Å². The third-order valence-corrected chi connectivity index (χ3v) is 4.90. The molecule has 2 aromatic carbocycles. The van der Waals surface area contributed by atoms with Gasteiger partial charge in [0.1, 0.15) is 6.04 Å². The first kappa shape index (κ1) is 21.0. The highest BCUT2D eigenvalue weighted by Gasteiger charge is 2.32. The van der Waals surface area contributed by atoms with E-state index < -0.39 is 29.2 Å². The maximum absolute atomic E-state index is 13.0. The van der Waals surface area contributed by atoms with Crippen LogP contribution in [-0.4, -0.2) is 33.5 Å². The molecule has 0 bridgehead atoms. The maximum Gasteiger partial charge on any atom is 0.273 e. The number of carbonyl (C=O) groups is 3. The van der Waals surface area contributed by atoms with E-state index in [0.29, 0.717) is 22.0 Å². The van der Waals surface area contributed by atoms with Gasteiger partial charge in [0, 0.05) is 10.9 Å². The summed E-state index contributed by atoms with van der Waals surface area (Å²) in [5, 5.41) is 7.82. The van der Waals surface area contributed by atoms with Gasteiger partial charge in [0.05, 0.1) is 12.1 Å². The molecule has 1 atom stereocenters. The van der Waals surface area contributed by atoms with Crippen LogP contribution in [0.25, 0.3) is 10.9 Å². The monoisotopic (exact) mass is 407 g/mol. The molecular formula is C22H25N5O3. The van der Waals surface area contributed by atoms with Gasteiger partial charge in [-0.25, -0.2) is 0 Å². The average Bonchev–Trinajstić information content (AvgIpc) is 3.04. The van der Waals surface area contributed by atoms with Gasteiger partial charge in [0.15, 0.2) is 5.69 Å². The van der Waals surface area contributed by atoms with Crippen LogP contribution in [0.5, 0.6) is 0 Å². The smallest absolute Gasteiger partial charge is 0.273 e. The van der Waals surface area contributed by atoms with Gasteiger partial charge in [-0.2, -0.15) is 5.10 Å². The number of para-hydroxylation sites is 1. The number of amides is 3. The Bertz CT molecular complexity index is 1130. The minimum Gasteiger partial charge on any atom is -0.368 e. The van der Waals surface area contributed by atoms with Gasteiger partial charge in [-0.3, -0.25) is 19.1 Å². The molecule has 3 amide bonds. The lowest BCUT2D eigenvalue weighted by Gasteiger charge is -2.28. The summed E-state index contributed by atoms with van der Waals surface area (Å²) in [4.78, 5) is 36.6. The van der Waals surface area contributed by atoms with Gasteiger partial charge in [-0.05, 0) is 23.1 Å². The lowest BCUT2D eigenvalue weighted by molar-refractivity contribution is -0.122. The van der Waals surface area contributed by atoms with Gasteiger partial charge in [-0.1, -0.05) is 57.2 Å². The highest BCUT2D eigenvalue weighted by Crippen LogP contribution is 2.23. The second-order valence-corrected chi connectivity index (χ2v) is 8.22. The van der Waals surface area contributed by atoms with Crippen molar-refractivity contribution in [2.45, 2.75) is 33.4 Å². The summed E-state index contributed by atoms with van der Waals surface area (Å²) in [5.74, 6) is -1.64. The van der Waals surface area contributed by atoms with Crippen LogP contribution >= 0.6 is 0 Å². The number of hydrogen-bond donors (Lipinski definition) is 3. The first-order valence-corrected chi connectivity index (χ1v) is 9.53. The molecule has 3 aromatic rings. The van der Waals surface area contributed by atoms with Crippen LogP contribution in [0.1, 0.15) is 47.2 Å². The van der Waals surface area contributed by atoms with Gasteiger partial charge in [0.25, 0.3) is 5.91 Å². The first-order valence-electron chi connectivity index (χ1n) is 9.53. The van der Waals surface area contributed by atoms with Gasteiger partial charge < -0.3 is 16.8 Å². The Morgan fingerprint density at radius 3 is 2.30 bits per heavy atom. The Balaban J connectivity index is 2.02. The van der Waals surface area contributed by atoms with Gasteiger partial charge in [0.2, 0.25) is 11.8 Å². The second kappa shape index (κ2) is 7.98. The Labute approximate surface area is 174 Å². The molecule has 8 heteroatoms. The van der Waals surface area contributed by atoms with Crippen molar-refractivity contribution in [1.29, 1.82) is 0 Å². The molecule has 0 saturated heterocycles. The maximum atomic E-state index is 13.0. The van der Waals surface area contributed by atoms with E-state index in [4.69, 9.17) is 11.5 Å². The second-order valence-electron chi connectivity index (χ2n) is 8.22. The molecule has 1 heterocycles. The predicted octanol–water partition coefficient (Wildman–Crippen LogP) is 1.81. The molecule has 0 saturated carbocycles. The normalized spacial score (nSPS) is 12.5. The van der Waals surface area contributed by atoms with Crippen LogP contribution in [-0.2, 0) is 11.3 Å². The molecular weight excluding hydrogens is 382 g/mol. The van der Waals surface area contributed by atoms with Crippen molar-refractivity contribution in [3.8, 4) is 0 Å². The molecule has 156 valence electrons. The fourth-order valence-corrected chi connectivity index (χ4v) is 3.39. The number of hydrogen-bond acceptors (Lipinski definition) is 4. The van der Waals surface area contributed by atoms with E-state index in [0.717, 1.165) is 0 Å². The number of rotatable bonds is 6. The number of fused-ring (bicyclic) bond motifs is 1. The van der Waals surface area contributed by atoms with Crippen molar-refractivity contribution in [2.75, 3.05) is 0 Å². The minimum atomic E-state index is -0.857. The molecule has 3 rings (SSSR count). The number of aromatic nitrogens is 2. The van der Waals surface area contributed by atoms with E-state index >= 15 is 0 Å². The Morgan fingerprint density at radius 2 is 1.67 bits per heavy atom. The Hall–Kier alpha value is -3.68. The summed E-state index contributed by atoms with van der Waals surface area (Å²) in [6.45, 7) is 5.71. The third kappa shape index (κ3) is 4.17. The van der Waals surface area contributed by atoms with E-state index in [9.17, 15) is 14.4 Å². The summed E-state index contributed by atoms with van der Waals surface area (Å²) in [6.07, 6.45) is 0. The van der Waals surface area contributed by atoms with Gasteiger partial charge >= 0.3 is 0 Å². The fraction of sp³-hybridized carbons (Fsp3) is 0.273. The van der Waals surface area contributed by atoms with E-state index in [1.54, 1.807) is 35.0 Å². The lowest BCUT2D eigenvalue weighted by atomic mass is 9.86. The van der Waals surface area contributed by atoms with Crippen molar-refractivity contribution in [3.05, 3.63) is 65.4 Å². The van der Waals surface area contributed by atoms with Crippen LogP contribution in [0.2, 0.25) is 0 Å². The highest BCUT2D eigenvalue weighted by atomic mass is 16.2. The number of carbonyl (C=O) groups excluding carboxylic acids is 3. The topological polar surface area (TPSA) is 133 Å². The lowest BCUT2D eigenvalue weighted by Crippen LogP contribution is -2.52. The minimum absolute atomic E-state index is 0.178. The quantitative estimate of drug-likeness (QED) is 0.575. The molecule has 30 heavy (non-hydrogen) atoms. The molecule has 1 aromatic heterocycles. The van der Waals surface area contributed by atoms with E-state index in [1.807, 2.05) is 39.0 Å². The molecule has 0 spiro atoms. The van der Waals surface area contributed by atoms with Gasteiger partial charge in [-0.15, -0.1) is 0 Å². The summed E-state index contributed by atoms with van der Waals surface area (Å²) in [6, 6.07) is 13.4. The SMILES string of the molecule is CC(C)(C)C(NC(=O)c1nn(Cc2ccccc2C(N)=O)c2ccccc12)C(N)=O. The van der Waals surface area contributed by atoms with Crippen LogP contribution in [0.3, 0.4) is 0 Å². The summed E-state index contributed by atoms with van der Waals surface area (Å²) in [7, 11) is 0. The average molecular weight is 407 g/mol. The fourth-order valence-electron chi connectivity index (χ4n) is 3.39. The molecule has 0 aliphatic rings. The van der Waals surface area contributed by atoms with Crippen LogP contribution in [0.15, 0.2) is 48.5 Å². The van der Waals surface area contributed by atoms with Crippen molar-refractivity contribution in [2.24, 2.45) is 16.9 Å². The van der Waals surface area contributed by atoms with Crippen LogP contribution in [0.4, 0.5) is 0 Å². The summed E-state index contributed by atoms with van der Waals surface area (Å²) >= 11 is 0. The summed E-state index contributed by atoms with van der Waals surface area (Å²) < 4.78 is 1.64. The molecule has 5 N–H and O–H groups in total. The Morgan fingerprint density at radius 1 is 1.03 bits per heavy atom. The summed E-state index contributed by atoms with van der Waals surface area (Å²) in [5.41, 5.74) is 12.4. The Kier molecular flexibility index (Phi) is 5.60. The van der Waals surface area contributed by atoms with E-state index in [2.05, 4.69) is 10.4 Å². The number of nitrogens with one attached hydrogen (secondary N) is 1. The predicted molar refractivity (Wildman–Crippen MR) is 114 cm³/mol. The standard InChI is InChI=1S/C22H25N5O3/c1-22(2,3)18(20(24)29)25-21(30)17-15-10-6-7-11-16(15)27(26-17)12-13-8-4-5-9-14(13)19(23)28/h4-11,18H,12H2,1-3H3,(H2,23,28)(H2,24,29)(H,25,30). The number of primary amides is 2. The zero-order valence-corrected chi connectivity index (χ0v) is 17.2. The van der Waals surface area contributed by atoms with Crippen LogP contribution in [0, 0.1) is 5.41 Å². The largest absolute Gasteiger partial charge is 0.368 e. The number of nitrogens with two attached hydrogens (primary N) is 2. The molecule has 1 unspecified atom stereocenters.